The molecule has 2 aliphatic heterocycles. The zero-order valence-electron chi connectivity index (χ0n) is 17.0. The van der Waals surface area contributed by atoms with E-state index in [9.17, 15) is 9.18 Å². The number of thiazole rings is 1. The number of carbonyl (C=O) groups is 1. The molecule has 1 aromatic carbocycles. The number of aryl methyl sites for hydroxylation is 1. The van der Waals surface area contributed by atoms with Gasteiger partial charge in [-0.2, -0.15) is 4.39 Å². The van der Waals surface area contributed by atoms with Crippen LogP contribution in [0.25, 0.3) is 11.1 Å². The number of pyridine rings is 1. The molecular formula is C22H21FN4O2S. The van der Waals surface area contributed by atoms with Crippen molar-refractivity contribution < 1.29 is 13.9 Å². The maximum Gasteiger partial charge on any atom is 0.263 e. The number of amides is 1. The van der Waals surface area contributed by atoms with Crippen LogP contribution in [0, 0.1) is 12.9 Å². The maximum absolute atomic E-state index is 14.4. The van der Waals surface area contributed by atoms with Crippen LogP contribution in [0.4, 0.5) is 15.2 Å². The Bertz CT molecular complexity index is 1170. The van der Waals surface area contributed by atoms with Crippen LogP contribution in [0.2, 0.25) is 0 Å². The molecule has 0 bridgehead atoms. The van der Waals surface area contributed by atoms with E-state index in [0.717, 1.165) is 22.1 Å². The first-order chi connectivity index (χ1) is 14.3. The van der Waals surface area contributed by atoms with E-state index in [1.807, 2.05) is 36.9 Å². The highest BCUT2D eigenvalue weighted by atomic mass is 32.1. The molecule has 3 aromatic rings. The largest absolute Gasteiger partial charge is 0.490 e. The van der Waals surface area contributed by atoms with Gasteiger partial charge in [0.05, 0.1) is 17.9 Å². The molecule has 0 radical (unpaired) electrons. The highest BCUT2D eigenvalue weighted by molar-refractivity contribution is 7.17. The van der Waals surface area contributed by atoms with Crippen LogP contribution in [-0.2, 0) is 6.42 Å². The highest BCUT2D eigenvalue weighted by Crippen LogP contribution is 2.42. The van der Waals surface area contributed by atoms with Gasteiger partial charge in [0.2, 0.25) is 5.95 Å². The Kier molecular flexibility index (Phi) is 4.28. The zero-order chi connectivity index (χ0) is 21.0. The lowest BCUT2D eigenvalue weighted by molar-refractivity contribution is 0.0901. The lowest BCUT2D eigenvalue weighted by Crippen LogP contribution is -2.48. The maximum atomic E-state index is 14.4. The van der Waals surface area contributed by atoms with Gasteiger partial charge in [-0.25, -0.2) is 9.97 Å². The Labute approximate surface area is 177 Å². The van der Waals surface area contributed by atoms with E-state index < -0.39 is 5.95 Å². The van der Waals surface area contributed by atoms with Crippen LogP contribution in [0.15, 0.2) is 30.3 Å². The number of nitrogens with zero attached hydrogens (tertiary/aromatic N) is 3. The van der Waals surface area contributed by atoms with Gasteiger partial charge in [-0.05, 0) is 50.6 Å². The topological polar surface area (TPSA) is 67.4 Å². The predicted octanol–water partition coefficient (Wildman–Crippen LogP) is 4.25. The Morgan fingerprint density at radius 1 is 1.23 bits per heavy atom. The molecule has 1 N–H and O–H groups in total. The standard InChI is InChI=1S/C22H21FN4O2S/c1-12-4-6-14(19(23)24-12)13-5-7-17-16(10-13)27(8-9-29-17)21-25-15-11-22(2,3)26-20(28)18(15)30-21/h4-7,10H,8-9,11H2,1-3H3,(H,26,28). The summed E-state index contributed by atoms with van der Waals surface area (Å²) in [6.45, 7) is 6.86. The number of hydrogen-bond donors (Lipinski definition) is 1. The molecular weight excluding hydrogens is 403 g/mol. The number of fused-ring (bicyclic) bond motifs is 2. The fourth-order valence-corrected chi connectivity index (χ4v) is 4.92. The predicted molar refractivity (Wildman–Crippen MR) is 114 cm³/mol. The molecule has 0 fully saturated rings. The number of rotatable bonds is 2. The van der Waals surface area contributed by atoms with Gasteiger partial charge in [-0.3, -0.25) is 4.79 Å². The zero-order valence-corrected chi connectivity index (χ0v) is 17.8. The summed E-state index contributed by atoms with van der Waals surface area (Å²) in [5, 5.41) is 3.78. The van der Waals surface area contributed by atoms with E-state index in [1.54, 1.807) is 19.1 Å². The second-order valence-corrected chi connectivity index (χ2v) is 9.24. The average molecular weight is 425 g/mol. The fourth-order valence-electron chi connectivity index (χ4n) is 3.90. The molecule has 0 saturated heterocycles. The van der Waals surface area contributed by atoms with Crippen molar-refractivity contribution in [1.29, 1.82) is 0 Å². The summed E-state index contributed by atoms with van der Waals surface area (Å²) in [5.74, 6) is 0.130. The summed E-state index contributed by atoms with van der Waals surface area (Å²) in [5.41, 5.74) is 3.10. The van der Waals surface area contributed by atoms with Gasteiger partial charge in [-0.15, -0.1) is 0 Å². The molecule has 154 valence electrons. The Hall–Kier alpha value is -3.00. The van der Waals surface area contributed by atoms with Gasteiger partial charge in [0.1, 0.15) is 17.2 Å². The Morgan fingerprint density at radius 2 is 2.07 bits per heavy atom. The number of carbonyl (C=O) groups excluding carboxylic acids is 1. The second-order valence-electron chi connectivity index (χ2n) is 8.26. The molecule has 4 heterocycles. The lowest BCUT2D eigenvalue weighted by Gasteiger charge is -2.30. The molecule has 0 saturated carbocycles. The normalized spacial score (nSPS) is 17.1. The van der Waals surface area contributed by atoms with Crippen molar-refractivity contribution >= 4 is 28.1 Å². The minimum Gasteiger partial charge on any atom is -0.490 e. The minimum absolute atomic E-state index is 0.0833. The van der Waals surface area contributed by atoms with E-state index in [2.05, 4.69) is 10.3 Å². The third-order valence-corrected chi connectivity index (χ3v) is 6.43. The van der Waals surface area contributed by atoms with Crippen molar-refractivity contribution in [1.82, 2.24) is 15.3 Å². The summed E-state index contributed by atoms with van der Waals surface area (Å²) < 4.78 is 20.3. The summed E-state index contributed by atoms with van der Waals surface area (Å²) in [6.07, 6.45) is 0.683. The van der Waals surface area contributed by atoms with E-state index in [0.29, 0.717) is 41.5 Å². The number of hydrogen-bond acceptors (Lipinski definition) is 6. The van der Waals surface area contributed by atoms with Crippen LogP contribution >= 0.6 is 11.3 Å². The van der Waals surface area contributed by atoms with Crippen molar-refractivity contribution in [3.63, 3.8) is 0 Å². The van der Waals surface area contributed by atoms with E-state index in [1.165, 1.54) is 11.3 Å². The first-order valence-electron chi connectivity index (χ1n) is 9.81. The smallest absolute Gasteiger partial charge is 0.263 e. The SMILES string of the molecule is Cc1ccc(-c2ccc3c(c2)N(c2nc4c(s2)C(=O)NC(C)(C)C4)CCO3)c(F)n1. The number of halogens is 1. The average Bonchev–Trinajstić information content (AvgIpc) is 3.10. The molecule has 0 spiro atoms. The molecule has 6 nitrogen and oxygen atoms in total. The monoisotopic (exact) mass is 424 g/mol. The Morgan fingerprint density at radius 3 is 2.87 bits per heavy atom. The molecule has 0 unspecified atom stereocenters. The van der Waals surface area contributed by atoms with E-state index in [-0.39, 0.29) is 11.4 Å². The van der Waals surface area contributed by atoms with Gasteiger partial charge in [0.15, 0.2) is 5.13 Å². The quantitative estimate of drug-likeness (QED) is 0.623. The molecule has 30 heavy (non-hydrogen) atoms. The second kappa shape index (κ2) is 6.77. The Balaban J connectivity index is 1.57. The van der Waals surface area contributed by atoms with Gasteiger partial charge < -0.3 is 15.0 Å². The highest BCUT2D eigenvalue weighted by Gasteiger charge is 2.34. The first-order valence-corrected chi connectivity index (χ1v) is 10.6. The third-order valence-electron chi connectivity index (χ3n) is 5.31. The van der Waals surface area contributed by atoms with Crippen molar-refractivity contribution in [2.45, 2.75) is 32.7 Å². The summed E-state index contributed by atoms with van der Waals surface area (Å²) in [7, 11) is 0. The van der Waals surface area contributed by atoms with Crippen molar-refractivity contribution in [2.75, 3.05) is 18.1 Å². The summed E-state index contributed by atoms with van der Waals surface area (Å²) >= 11 is 1.38. The van der Waals surface area contributed by atoms with E-state index in [4.69, 9.17) is 9.72 Å². The summed E-state index contributed by atoms with van der Waals surface area (Å²) in [4.78, 5) is 23.9. The van der Waals surface area contributed by atoms with E-state index >= 15 is 0 Å². The van der Waals surface area contributed by atoms with Crippen LogP contribution < -0.4 is 15.0 Å². The van der Waals surface area contributed by atoms with Gasteiger partial charge in [-0.1, -0.05) is 17.4 Å². The number of benzene rings is 1. The van der Waals surface area contributed by atoms with Crippen LogP contribution in [0.3, 0.4) is 0 Å². The molecule has 2 aliphatic rings. The van der Waals surface area contributed by atoms with Crippen LogP contribution in [0.5, 0.6) is 5.75 Å². The molecule has 0 aliphatic carbocycles. The molecule has 1 amide bonds. The number of aromatic nitrogens is 2. The minimum atomic E-state index is -0.498. The fraction of sp³-hybridized carbons (Fsp3) is 0.318. The van der Waals surface area contributed by atoms with Crippen molar-refractivity contribution in [3.05, 3.63) is 52.5 Å². The number of anilines is 2. The molecule has 2 aromatic heterocycles. The third kappa shape index (κ3) is 3.21. The van der Waals surface area contributed by atoms with Gasteiger partial charge in [0, 0.05) is 23.2 Å². The van der Waals surface area contributed by atoms with Crippen molar-refractivity contribution in [3.8, 4) is 16.9 Å². The van der Waals surface area contributed by atoms with Gasteiger partial charge >= 0.3 is 0 Å². The molecule has 0 atom stereocenters. The van der Waals surface area contributed by atoms with Crippen LogP contribution in [-0.4, -0.2) is 34.6 Å². The first kappa shape index (κ1) is 19.0. The molecule has 5 rings (SSSR count). The van der Waals surface area contributed by atoms with Gasteiger partial charge in [0.25, 0.3) is 5.91 Å². The molecule has 8 heteroatoms. The summed E-state index contributed by atoms with van der Waals surface area (Å²) in [6, 6.07) is 9.11. The number of nitrogens with one attached hydrogen (secondary N) is 1. The lowest BCUT2D eigenvalue weighted by atomic mass is 9.94. The number of ether oxygens (including phenoxy) is 1. The van der Waals surface area contributed by atoms with Crippen LogP contribution in [0.1, 0.15) is 34.9 Å². The van der Waals surface area contributed by atoms with Crippen molar-refractivity contribution in [2.24, 2.45) is 0 Å².